The summed E-state index contributed by atoms with van der Waals surface area (Å²) in [6.45, 7) is -0.984. The molecule has 2 aromatic heterocycles. The normalized spacial score (nSPS) is 11.1. The third-order valence-corrected chi connectivity index (χ3v) is 2.37. The first-order valence-electron chi connectivity index (χ1n) is 4.89. The molecule has 0 spiro atoms. The first-order chi connectivity index (χ1) is 8.29. The molecule has 7 heteroatoms. The van der Waals surface area contributed by atoms with Crippen LogP contribution in [0.3, 0.4) is 0 Å². The van der Waals surface area contributed by atoms with Crippen molar-refractivity contribution in [1.82, 2.24) is 19.6 Å². The molecule has 6 nitrogen and oxygen atoms in total. The van der Waals surface area contributed by atoms with Crippen molar-refractivity contribution in [3.05, 3.63) is 24.3 Å². The Morgan fingerprint density at radius 1 is 1.29 bits per heavy atom. The molecule has 0 aliphatic rings. The van der Waals surface area contributed by atoms with E-state index in [1.54, 1.807) is 0 Å². The third-order valence-electron chi connectivity index (χ3n) is 2.37. The van der Waals surface area contributed by atoms with Crippen LogP contribution in [0.5, 0.6) is 6.01 Å². The third kappa shape index (κ3) is 1.43. The van der Waals surface area contributed by atoms with Crippen LogP contribution in [0.1, 0.15) is 0 Å². The molecule has 0 saturated carbocycles. The zero-order valence-corrected chi connectivity index (χ0v) is 8.67. The molecule has 2 heterocycles. The van der Waals surface area contributed by atoms with Crippen molar-refractivity contribution in [2.75, 3.05) is 12.6 Å². The number of halogens is 1. The Labute approximate surface area is 94.8 Å². The summed E-state index contributed by atoms with van der Waals surface area (Å²) in [6.07, 6.45) is 0. The first kappa shape index (κ1) is 9.76. The van der Waals surface area contributed by atoms with Crippen molar-refractivity contribution >= 4 is 22.5 Å². The maximum Gasteiger partial charge on any atom is 0.338 e. The molecule has 1 aromatic carbocycles. The first-order valence-corrected chi connectivity index (χ1v) is 4.89. The van der Waals surface area contributed by atoms with Crippen molar-refractivity contribution in [1.29, 1.82) is 0 Å². The Morgan fingerprint density at radius 3 is 2.94 bits per heavy atom. The minimum absolute atomic E-state index is 0.0580. The summed E-state index contributed by atoms with van der Waals surface area (Å²) < 4.78 is 18.0. The fourth-order valence-corrected chi connectivity index (χ4v) is 1.67. The largest absolute Gasteiger partial charge is 0.430 e. The molecular weight excluding hydrogens is 225 g/mol. The van der Waals surface area contributed by atoms with Crippen LogP contribution in [-0.4, -0.2) is 26.4 Å². The zero-order chi connectivity index (χ0) is 11.8. The van der Waals surface area contributed by atoms with Crippen LogP contribution in [0.2, 0.25) is 0 Å². The minimum atomic E-state index is -0.984. The fraction of sp³-hybridized carbons (Fsp3) is 0.100. The summed E-state index contributed by atoms with van der Waals surface area (Å²) in [5.74, 6) is 0.180. The number of aromatic nitrogens is 4. The summed E-state index contributed by atoms with van der Waals surface area (Å²) in [5, 5.41) is 4.69. The van der Waals surface area contributed by atoms with Gasteiger partial charge in [0.1, 0.15) is 0 Å². The Hall–Kier alpha value is -2.44. The monoisotopic (exact) mass is 233 g/mol. The van der Waals surface area contributed by atoms with E-state index in [0.717, 1.165) is 5.39 Å². The van der Waals surface area contributed by atoms with Crippen LogP contribution < -0.4 is 10.5 Å². The van der Waals surface area contributed by atoms with E-state index in [4.69, 9.17) is 5.73 Å². The Morgan fingerprint density at radius 2 is 2.12 bits per heavy atom. The SMILES string of the molecule is Nc1nc2ccccc2c2nc(OCF)nn12. The Bertz CT molecular complexity index is 696. The summed E-state index contributed by atoms with van der Waals surface area (Å²) in [6, 6.07) is 7.30. The van der Waals surface area contributed by atoms with Gasteiger partial charge in [0.05, 0.1) is 5.52 Å². The molecular formula is C10H8FN5O. The maximum absolute atomic E-state index is 12.1. The molecule has 0 aliphatic carbocycles. The molecule has 0 bridgehead atoms. The average molecular weight is 233 g/mol. The number of para-hydroxylation sites is 1. The highest BCUT2D eigenvalue weighted by Gasteiger charge is 2.11. The van der Waals surface area contributed by atoms with Crippen molar-refractivity contribution in [2.45, 2.75) is 0 Å². The molecule has 0 fully saturated rings. The quantitative estimate of drug-likeness (QED) is 0.718. The van der Waals surface area contributed by atoms with Gasteiger partial charge in [-0.3, -0.25) is 0 Å². The molecule has 0 unspecified atom stereocenters. The molecule has 3 rings (SSSR count). The molecule has 0 aliphatic heterocycles. The number of nitrogens with two attached hydrogens (primary N) is 1. The van der Waals surface area contributed by atoms with Crippen molar-refractivity contribution in [3.63, 3.8) is 0 Å². The average Bonchev–Trinajstić information content (AvgIpc) is 2.74. The molecule has 86 valence electrons. The topological polar surface area (TPSA) is 78.3 Å². The molecule has 0 atom stereocenters. The predicted octanol–water partition coefficient (Wildman–Crippen LogP) is 1.17. The van der Waals surface area contributed by atoms with E-state index < -0.39 is 6.86 Å². The van der Waals surface area contributed by atoms with E-state index in [0.29, 0.717) is 11.2 Å². The lowest BCUT2D eigenvalue weighted by atomic mass is 10.2. The molecule has 2 N–H and O–H groups in total. The summed E-state index contributed by atoms with van der Waals surface area (Å²) in [7, 11) is 0. The predicted molar refractivity (Wildman–Crippen MR) is 59.3 cm³/mol. The van der Waals surface area contributed by atoms with Gasteiger partial charge in [0, 0.05) is 5.39 Å². The smallest absolute Gasteiger partial charge is 0.338 e. The number of hydrogen-bond acceptors (Lipinski definition) is 5. The fourth-order valence-electron chi connectivity index (χ4n) is 1.67. The van der Waals surface area contributed by atoms with Crippen molar-refractivity contribution < 1.29 is 9.13 Å². The van der Waals surface area contributed by atoms with Gasteiger partial charge in [-0.2, -0.15) is 9.50 Å². The highest BCUT2D eigenvalue weighted by molar-refractivity contribution is 5.92. The maximum atomic E-state index is 12.1. The second-order valence-corrected chi connectivity index (χ2v) is 3.37. The standard InChI is InChI=1S/C10H8FN5O/c11-5-17-10-14-8-6-3-1-2-4-7(6)13-9(12)16(8)15-10/h1-4H,5H2,(H2,12,13). The van der Waals surface area contributed by atoms with Gasteiger partial charge in [0.25, 0.3) is 0 Å². The number of fused-ring (bicyclic) bond motifs is 3. The molecule has 0 radical (unpaired) electrons. The highest BCUT2D eigenvalue weighted by Crippen LogP contribution is 2.20. The van der Waals surface area contributed by atoms with Gasteiger partial charge < -0.3 is 10.5 Å². The lowest BCUT2D eigenvalue weighted by Gasteiger charge is -2.00. The second-order valence-electron chi connectivity index (χ2n) is 3.37. The van der Waals surface area contributed by atoms with E-state index in [2.05, 4.69) is 19.8 Å². The van der Waals surface area contributed by atoms with Crippen LogP contribution in [0, 0.1) is 0 Å². The van der Waals surface area contributed by atoms with E-state index in [1.165, 1.54) is 4.52 Å². The Balaban J connectivity index is 2.39. The summed E-state index contributed by atoms with van der Waals surface area (Å²) >= 11 is 0. The molecule has 0 saturated heterocycles. The van der Waals surface area contributed by atoms with E-state index in [1.807, 2.05) is 24.3 Å². The van der Waals surface area contributed by atoms with Crippen LogP contribution in [0.4, 0.5) is 10.3 Å². The van der Waals surface area contributed by atoms with Crippen molar-refractivity contribution in [2.24, 2.45) is 0 Å². The lowest BCUT2D eigenvalue weighted by Crippen LogP contribution is -2.02. The van der Waals surface area contributed by atoms with Gasteiger partial charge in [-0.15, -0.1) is 5.10 Å². The number of alkyl halides is 1. The number of nitrogens with zero attached hydrogens (tertiary/aromatic N) is 4. The van der Waals surface area contributed by atoms with Gasteiger partial charge in [-0.1, -0.05) is 12.1 Å². The summed E-state index contributed by atoms with van der Waals surface area (Å²) in [4.78, 5) is 8.23. The molecule has 0 amide bonds. The van der Waals surface area contributed by atoms with Gasteiger partial charge >= 0.3 is 6.01 Å². The summed E-state index contributed by atoms with van der Waals surface area (Å²) in [5.41, 5.74) is 6.93. The Kier molecular flexibility index (Phi) is 2.04. The number of anilines is 1. The van der Waals surface area contributed by atoms with Crippen LogP contribution in [0.25, 0.3) is 16.6 Å². The number of rotatable bonds is 2. The number of hydrogen-bond donors (Lipinski definition) is 1. The van der Waals surface area contributed by atoms with E-state index in [-0.39, 0.29) is 12.0 Å². The highest BCUT2D eigenvalue weighted by atomic mass is 19.1. The zero-order valence-electron chi connectivity index (χ0n) is 8.67. The van der Waals surface area contributed by atoms with Gasteiger partial charge in [0.2, 0.25) is 12.8 Å². The molecule has 3 aromatic rings. The van der Waals surface area contributed by atoms with E-state index >= 15 is 0 Å². The van der Waals surface area contributed by atoms with Crippen LogP contribution in [0.15, 0.2) is 24.3 Å². The van der Waals surface area contributed by atoms with Gasteiger partial charge in [0.15, 0.2) is 5.65 Å². The molecule has 17 heavy (non-hydrogen) atoms. The van der Waals surface area contributed by atoms with Crippen molar-refractivity contribution in [3.8, 4) is 6.01 Å². The van der Waals surface area contributed by atoms with Gasteiger partial charge in [-0.25, -0.2) is 9.37 Å². The van der Waals surface area contributed by atoms with Gasteiger partial charge in [-0.05, 0) is 12.1 Å². The number of benzene rings is 1. The van der Waals surface area contributed by atoms with Crippen LogP contribution in [-0.2, 0) is 0 Å². The lowest BCUT2D eigenvalue weighted by molar-refractivity contribution is 0.177. The van der Waals surface area contributed by atoms with E-state index in [9.17, 15) is 4.39 Å². The minimum Gasteiger partial charge on any atom is -0.430 e. The number of nitrogen functional groups attached to an aromatic ring is 1. The number of ether oxygens (including phenoxy) is 1. The second kappa shape index (κ2) is 3.55. The van der Waals surface area contributed by atoms with Crippen LogP contribution >= 0.6 is 0 Å².